The van der Waals surface area contributed by atoms with Crippen LogP contribution < -0.4 is 0 Å². The van der Waals surface area contributed by atoms with Crippen molar-refractivity contribution in [3.8, 4) is 22.8 Å². The van der Waals surface area contributed by atoms with Crippen LogP contribution in [0.4, 0.5) is 4.39 Å². The van der Waals surface area contributed by atoms with Gasteiger partial charge in [-0.1, -0.05) is 47.6 Å². The SMILES string of the molecule is Cc1ccc(Cn2cc(-c3nc(-c4ccc(CCCCC(=O)O)cc4)no3)c3cc(F)ccc32)cc1C. The summed E-state index contributed by atoms with van der Waals surface area (Å²) in [5, 5.41) is 13.7. The minimum Gasteiger partial charge on any atom is -0.481 e. The van der Waals surface area contributed by atoms with Gasteiger partial charge in [0, 0.05) is 35.6 Å². The number of aromatic nitrogens is 3. The Morgan fingerprint density at radius 1 is 0.973 bits per heavy atom. The maximum atomic E-state index is 14.2. The van der Waals surface area contributed by atoms with Gasteiger partial charge in [-0.05, 0) is 73.6 Å². The zero-order valence-electron chi connectivity index (χ0n) is 20.9. The third kappa shape index (κ3) is 5.45. The highest BCUT2D eigenvalue weighted by Gasteiger charge is 2.18. The van der Waals surface area contributed by atoms with Crippen molar-refractivity contribution < 1.29 is 18.8 Å². The van der Waals surface area contributed by atoms with Crippen molar-refractivity contribution in [2.75, 3.05) is 0 Å². The normalized spacial score (nSPS) is 11.3. The summed E-state index contributed by atoms with van der Waals surface area (Å²) in [5.41, 5.74) is 7.15. The highest BCUT2D eigenvalue weighted by molar-refractivity contribution is 5.94. The number of fused-ring (bicyclic) bond motifs is 1. The molecule has 5 rings (SSSR count). The Morgan fingerprint density at radius 3 is 2.51 bits per heavy atom. The monoisotopic (exact) mass is 497 g/mol. The molecule has 0 saturated heterocycles. The van der Waals surface area contributed by atoms with Crippen LogP contribution in [0, 0.1) is 19.7 Å². The molecular formula is C30H28FN3O3. The van der Waals surface area contributed by atoms with Crippen LogP contribution in [0.2, 0.25) is 0 Å². The first-order valence-electron chi connectivity index (χ1n) is 12.4. The molecule has 3 aromatic carbocycles. The third-order valence-corrected chi connectivity index (χ3v) is 6.74. The molecule has 0 spiro atoms. The summed E-state index contributed by atoms with van der Waals surface area (Å²) in [6.45, 7) is 4.83. The van der Waals surface area contributed by atoms with E-state index in [1.165, 1.54) is 23.3 Å². The predicted octanol–water partition coefficient (Wildman–Crippen LogP) is 6.96. The molecule has 0 aliphatic rings. The molecule has 0 bridgehead atoms. The Balaban J connectivity index is 1.40. The molecule has 0 atom stereocenters. The van der Waals surface area contributed by atoms with Crippen molar-refractivity contribution in [2.24, 2.45) is 0 Å². The quantitative estimate of drug-likeness (QED) is 0.223. The van der Waals surface area contributed by atoms with E-state index in [2.05, 4.69) is 46.8 Å². The van der Waals surface area contributed by atoms with Crippen molar-refractivity contribution in [3.63, 3.8) is 0 Å². The first-order chi connectivity index (χ1) is 17.9. The lowest BCUT2D eigenvalue weighted by Crippen LogP contribution is -1.98. The Hall–Kier alpha value is -4.26. The van der Waals surface area contributed by atoms with Crippen molar-refractivity contribution in [1.29, 1.82) is 0 Å². The van der Waals surface area contributed by atoms with Gasteiger partial charge in [-0.2, -0.15) is 4.98 Å². The lowest BCUT2D eigenvalue weighted by Gasteiger charge is -2.08. The number of carbonyl (C=O) groups is 1. The van der Waals surface area contributed by atoms with E-state index in [-0.39, 0.29) is 12.2 Å². The Bertz CT molecular complexity index is 1570. The summed E-state index contributed by atoms with van der Waals surface area (Å²) >= 11 is 0. The van der Waals surface area contributed by atoms with E-state index >= 15 is 0 Å². The number of unbranched alkanes of at least 4 members (excludes halogenated alkanes) is 1. The number of nitrogens with zero attached hydrogens (tertiary/aromatic N) is 3. The van der Waals surface area contributed by atoms with E-state index in [0.717, 1.165) is 40.4 Å². The number of aryl methyl sites for hydroxylation is 3. The summed E-state index contributed by atoms with van der Waals surface area (Å²) in [6, 6.07) is 19.0. The standard InChI is InChI=1S/C30H28FN3O3/c1-19-7-8-22(15-20(19)2)17-34-18-26(25-16-24(31)13-14-27(25)34)30-32-29(33-37-30)23-11-9-21(10-12-23)5-3-4-6-28(35)36/h7-16,18H,3-6,17H2,1-2H3,(H,35,36). The fourth-order valence-electron chi connectivity index (χ4n) is 4.55. The summed E-state index contributed by atoms with van der Waals surface area (Å²) < 4.78 is 21.9. The van der Waals surface area contributed by atoms with Gasteiger partial charge in [0.1, 0.15) is 5.82 Å². The second kappa shape index (κ2) is 10.4. The number of aliphatic carboxylic acids is 1. The average molecular weight is 498 g/mol. The average Bonchev–Trinajstić information content (AvgIpc) is 3.49. The van der Waals surface area contributed by atoms with Crippen LogP contribution in [0.1, 0.15) is 41.5 Å². The molecule has 0 fully saturated rings. The molecule has 2 heterocycles. The molecule has 0 aliphatic heterocycles. The van der Waals surface area contributed by atoms with Crippen molar-refractivity contribution in [2.45, 2.75) is 46.1 Å². The molecule has 0 aliphatic carbocycles. The maximum absolute atomic E-state index is 14.2. The van der Waals surface area contributed by atoms with Crippen LogP contribution in [-0.2, 0) is 17.8 Å². The lowest BCUT2D eigenvalue weighted by molar-refractivity contribution is -0.137. The number of hydrogen-bond donors (Lipinski definition) is 1. The maximum Gasteiger partial charge on any atom is 0.303 e. The van der Waals surface area contributed by atoms with Crippen LogP contribution in [-0.4, -0.2) is 25.8 Å². The van der Waals surface area contributed by atoms with E-state index in [4.69, 9.17) is 9.63 Å². The van der Waals surface area contributed by atoms with Gasteiger partial charge in [-0.15, -0.1) is 0 Å². The van der Waals surface area contributed by atoms with E-state index in [1.54, 1.807) is 6.07 Å². The van der Waals surface area contributed by atoms with E-state index in [0.29, 0.717) is 30.2 Å². The number of hydrogen-bond acceptors (Lipinski definition) is 4. The minimum atomic E-state index is -0.764. The van der Waals surface area contributed by atoms with Crippen molar-refractivity contribution in [1.82, 2.24) is 14.7 Å². The molecule has 0 saturated carbocycles. The number of benzene rings is 3. The zero-order valence-corrected chi connectivity index (χ0v) is 20.9. The van der Waals surface area contributed by atoms with Gasteiger partial charge in [0.2, 0.25) is 5.82 Å². The molecule has 188 valence electrons. The van der Waals surface area contributed by atoms with Gasteiger partial charge in [-0.25, -0.2) is 4.39 Å². The van der Waals surface area contributed by atoms with Gasteiger partial charge in [0.25, 0.3) is 5.89 Å². The summed E-state index contributed by atoms with van der Waals surface area (Å²) in [7, 11) is 0. The smallest absolute Gasteiger partial charge is 0.303 e. The fraction of sp³-hybridized carbons (Fsp3) is 0.233. The molecule has 6 nitrogen and oxygen atoms in total. The second-order valence-electron chi connectivity index (χ2n) is 9.47. The highest BCUT2D eigenvalue weighted by Crippen LogP contribution is 2.32. The molecule has 0 amide bonds. The first kappa shape index (κ1) is 24.4. The molecule has 7 heteroatoms. The summed E-state index contributed by atoms with van der Waals surface area (Å²) in [5.74, 6) is -0.295. The van der Waals surface area contributed by atoms with Gasteiger partial charge in [0.05, 0.1) is 5.56 Å². The minimum absolute atomic E-state index is 0.189. The zero-order chi connectivity index (χ0) is 25.9. The third-order valence-electron chi connectivity index (χ3n) is 6.74. The Morgan fingerprint density at radius 2 is 1.76 bits per heavy atom. The van der Waals surface area contributed by atoms with Crippen LogP contribution in [0.5, 0.6) is 0 Å². The van der Waals surface area contributed by atoms with E-state index in [9.17, 15) is 9.18 Å². The van der Waals surface area contributed by atoms with E-state index in [1.807, 2.05) is 30.5 Å². The van der Waals surface area contributed by atoms with Gasteiger partial charge in [0.15, 0.2) is 0 Å². The number of halogens is 1. The molecular weight excluding hydrogens is 469 g/mol. The topological polar surface area (TPSA) is 81.2 Å². The molecule has 5 aromatic rings. The Kier molecular flexibility index (Phi) is 6.86. The number of carboxylic acid groups (broad SMARTS) is 1. The molecule has 1 N–H and O–H groups in total. The van der Waals surface area contributed by atoms with Gasteiger partial charge >= 0.3 is 5.97 Å². The van der Waals surface area contributed by atoms with E-state index < -0.39 is 5.97 Å². The van der Waals surface area contributed by atoms with Crippen LogP contribution in [0.15, 0.2) is 71.4 Å². The second-order valence-corrected chi connectivity index (χ2v) is 9.47. The van der Waals surface area contributed by atoms with Gasteiger partial charge in [-0.3, -0.25) is 4.79 Å². The number of rotatable bonds is 9. The van der Waals surface area contributed by atoms with Gasteiger partial charge < -0.3 is 14.2 Å². The Labute approximate surface area is 214 Å². The van der Waals surface area contributed by atoms with Crippen LogP contribution in [0.3, 0.4) is 0 Å². The first-order valence-corrected chi connectivity index (χ1v) is 12.4. The highest BCUT2D eigenvalue weighted by atomic mass is 19.1. The van der Waals surface area contributed by atoms with Crippen LogP contribution in [0.25, 0.3) is 33.7 Å². The number of carboxylic acids is 1. The molecule has 0 unspecified atom stereocenters. The summed E-state index contributed by atoms with van der Waals surface area (Å²) in [6.07, 6.45) is 4.42. The molecule has 37 heavy (non-hydrogen) atoms. The van der Waals surface area contributed by atoms with Crippen LogP contribution >= 0.6 is 0 Å². The predicted molar refractivity (Wildman–Crippen MR) is 141 cm³/mol. The largest absolute Gasteiger partial charge is 0.481 e. The lowest BCUT2D eigenvalue weighted by atomic mass is 10.0. The summed E-state index contributed by atoms with van der Waals surface area (Å²) in [4.78, 5) is 15.3. The van der Waals surface area contributed by atoms with Crippen molar-refractivity contribution in [3.05, 3.63) is 94.9 Å². The molecule has 2 aromatic heterocycles. The molecule has 0 radical (unpaired) electrons. The van der Waals surface area contributed by atoms with Crippen molar-refractivity contribution >= 4 is 16.9 Å². The fourth-order valence-corrected chi connectivity index (χ4v) is 4.55.